The summed E-state index contributed by atoms with van der Waals surface area (Å²) in [6.07, 6.45) is 2.98. The van der Waals surface area contributed by atoms with Crippen LogP contribution in [0.15, 0.2) is 24.3 Å². The third-order valence-electron chi connectivity index (χ3n) is 3.87. The minimum atomic E-state index is -0.387. The molecule has 3 N–H and O–H groups in total. The standard InChI is InChI=1S/C15H20N2O3.ClH/c1-20-15(19)10-5-7-12(8-6-10)17-14(18)13-4-2-3-11(13)9-16;/h5-8,11,13H,2-4,9,16H2,1H3,(H,17,18);1H/t11-,13-;/m1./s1. The van der Waals surface area contributed by atoms with Gasteiger partial charge in [0.05, 0.1) is 12.7 Å². The predicted molar refractivity (Wildman–Crippen MR) is 83.5 cm³/mol. The zero-order valence-electron chi connectivity index (χ0n) is 12.0. The first-order chi connectivity index (χ1) is 9.65. The van der Waals surface area contributed by atoms with Gasteiger partial charge >= 0.3 is 5.97 Å². The second-order valence-corrected chi connectivity index (χ2v) is 5.09. The van der Waals surface area contributed by atoms with Crippen molar-refractivity contribution in [2.45, 2.75) is 19.3 Å². The van der Waals surface area contributed by atoms with Crippen LogP contribution in [0.25, 0.3) is 0 Å². The molecule has 1 aromatic carbocycles. The summed E-state index contributed by atoms with van der Waals surface area (Å²) in [4.78, 5) is 23.5. The summed E-state index contributed by atoms with van der Waals surface area (Å²) in [6.45, 7) is 0.555. The average Bonchev–Trinajstić information content (AvgIpc) is 2.95. The second-order valence-electron chi connectivity index (χ2n) is 5.09. The summed E-state index contributed by atoms with van der Waals surface area (Å²) < 4.78 is 4.63. The van der Waals surface area contributed by atoms with Crippen molar-refractivity contribution in [1.29, 1.82) is 0 Å². The molecule has 21 heavy (non-hydrogen) atoms. The molecular weight excluding hydrogens is 292 g/mol. The quantitative estimate of drug-likeness (QED) is 0.835. The number of halogens is 1. The molecule has 0 saturated heterocycles. The Morgan fingerprint density at radius 2 is 1.95 bits per heavy atom. The highest BCUT2D eigenvalue weighted by atomic mass is 35.5. The van der Waals surface area contributed by atoms with E-state index in [1.807, 2.05) is 0 Å². The Bertz CT molecular complexity index is 490. The number of ether oxygens (including phenoxy) is 1. The molecular formula is C15H21ClN2O3. The van der Waals surface area contributed by atoms with Crippen molar-refractivity contribution >= 4 is 30.0 Å². The number of nitrogens with two attached hydrogens (primary N) is 1. The van der Waals surface area contributed by atoms with Crippen molar-refractivity contribution in [3.63, 3.8) is 0 Å². The van der Waals surface area contributed by atoms with Crippen LogP contribution < -0.4 is 11.1 Å². The molecule has 0 aromatic heterocycles. The molecule has 2 atom stereocenters. The summed E-state index contributed by atoms with van der Waals surface area (Å²) >= 11 is 0. The molecule has 116 valence electrons. The van der Waals surface area contributed by atoms with Crippen LogP contribution in [-0.4, -0.2) is 25.5 Å². The monoisotopic (exact) mass is 312 g/mol. The summed E-state index contributed by atoms with van der Waals surface area (Å²) in [7, 11) is 1.34. The van der Waals surface area contributed by atoms with Crippen LogP contribution >= 0.6 is 12.4 Å². The first-order valence-corrected chi connectivity index (χ1v) is 6.85. The van der Waals surface area contributed by atoms with Crippen molar-refractivity contribution in [3.05, 3.63) is 29.8 Å². The van der Waals surface area contributed by atoms with Crippen molar-refractivity contribution in [2.75, 3.05) is 19.0 Å². The number of carbonyl (C=O) groups excluding carboxylic acids is 2. The van der Waals surface area contributed by atoms with Gasteiger partial charge in [-0.1, -0.05) is 6.42 Å². The molecule has 0 bridgehead atoms. The average molecular weight is 313 g/mol. The maximum atomic E-state index is 12.2. The van der Waals surface area contributed by atoms with E-state index in [-0.39, 0.29) is 36.1 Å². The zero-order chi connectivity index (χ0) is 14.5. The Hall–Kier alpha value is -1.59. The van der Waals surface area contributed by atoms with Crippen molar-refractivity contribution in [2.24, 2.45) is 17.6 Å². The minimum absolute atomic E-state index is 0. The number of benzene rings is 1. The molecule has 6 heteroatoms. The van der Waals surface area contributed by atoms with Crippen LogP contribution in [0.2, 0.25) is 0 Å². The van der Waals surface area contributed by atoms with E-state index in [0.29, 0.717) is 17.8 Å². The molecule has 0 heterocycles. The number of esters is 1. The number of hydrogen-bond donors (Lipinski definition) is 2. The van der Waals surface area contributed by atoms with E-state index >= 15 is 0 Å². The lowest BCUT2D eigenvalue weighted by atomic mass is 9.95. The molecule has 0 radical (unpaired) electrons. The van der Waals surface area contributed by atoms with Gasteiger partial charge in [-0.2, -0.15) is 0 Å². The molecule has 1 aliphatic rings. The first kappa shape index (κ1) is 17.5. The maximum absolute atomic E-state index is 12.2. The molecule has 1 fully saturated rings. The topological polar surface area (TPSA) is 81.4 Å². The van der Waals surface area contributed by atoms with Gasteiger partial charge in [-0.3, -0.25) is 4.79 Å². The summed E-state index contributed by atoms with van der Waals surface area (Å²) in [5.41, 5.74) is 6.84. The largest absolute Gasteiger partial charge is 0.465 e. The minimum Gasteiger partial charge on any atom is -0.465 e. The lowest BCUT2D eigenvalue weighted by molar-refractivity contribution is -0.120. The van der Waals surface area contributed by atoms with Crippen LogP contribution in [0.3, 0.4) is 0 Å². The Labute approximate surface area is 130 Å². The van der Waals surface area contributed by atoms with Crippen LogP contribution in [-0.2, 0) is 9.53 Å². The normalized spacial score (nSPS) is 20.5. The van der Waals surface area contributed by atoms with E-state index in [4.69, 9.17) is 5.73 Å². The molecule has 1 saturated carbocycles. The van der Waals surface area contributed by atoms with Crippen molar-refractivity contribution < 1.29 is 14.3 Å². The van der Waals surface area contributed by atoms with Gasteiger partial charge in [0.15, 0.2) is 0 Å². The van der Waals surface area contributed by atoms with Crippen LogP contribution in [0.5, 0.6) is 0 Å². The number of anilines is 1. The molecule has 2 rings (SSSR count). The third kappa shape index (κ3) is 4.19. The van der Waals surface area contributed by atoms with Gasteiger partial charge in [-0.15, -0.1) is 12.4 Å². The van der Waals surface area contributed by atoms with Gasteiger partial charge in [0.2, 0.25) is 5.91 Å². The van der Waals surface area contributed by atoms with Crippen molar-refractivity contribution in [1.82, 2.24) is 0 Å². The predicted octanol–water partition coefficient (Wildman–Crippen LogP) is 2.21. The summed E-state index contributed by atoms with van der Waals surface area (Å²) in [6, 6.07) is 6.68. The van der Waals surface area contributed by atoms with E-state index in [9.17, 15) is 9.59 Å². The van der Waals surface area contributed by atoms with Gasteiger partial charge < -0.3 is 15.8 Å². The smallest absolute Gasteiger partial charge is 0.337 e. The van der Waals surface area contributed by atoms with Crippen molar-refractivity contribution in [3.8, 4) is 0 Å². The molecule has 5 nitrogen and oxygen atoms in total. The number of rotatable bonds is 4. The van der Waals surface area contributed by atoms with E-state index in [1.165, 1.54) is 7.11 Å². The Kier molecular flexibility index (Phi) is 6.65. The molecule has 1 aliphatic carbocycles. The summed E-state index contributed by atoms with van der Waals surface area (Å²) in [5, 5.41) is 2.89. The fraction of sp³-hybridized carbons (Fsp3) is 0.467. The number of amides is 1. The summed E-state index contributed by atoms with van der Waals surface area (Å²) in [5.74, 6) is -0.0877. The molecule has 0 aliphatic heterocycles. The molecule has 1 aromatic rings. The van der Waals surface area contributed by atoms with Gasteiger partial charge in [0.1, 0.15) is 0 Å². The fourth-order valence-corrected chi connectivity index (χ4v) is 2.71. The number of nitrogens with one attached hydrogen (secondary N) is 1. The van der Waals surface area contributed by atoms with E-state index in [0.717, 1.165) is 19.3 Å². The first-order valence-electron chi connectivity index (χ1n) is 6.85. The lowest BCUT2D eigenvalue weighted by Crippen LogP contribution is -2.29. The van der Waals surface area contributed by atoms with Gasteiger partial charge in [-0.25, -0.2) is 4.79 Å². The van der Waals surface area contributed by atoms with E-state index in [1.54, 1.807) is 24.3 Å². The molecule has 0 unspecified atom stereocenters. The van der Waals surface area contributed by atoms with Gasteiger partial charge in [0, 0.05) is 11.6 Å². The van der Waals surface area contributed by atoms with Gasteiger partial charge in [0.25, 0.3) is 0 Å². The number of methoxy groups -OCH3 is 1. The molecule has 0 spiro atoms. The number of carbonyl (C=O) groups is 2. The third-order valence-corrected chi connectivity index (χ3v) is 3.87. The lowest BCUT2D eigenvalue weighted by Gasteiger charge is -2.17. The van der Waals surface area contributed by atoms with Crippen LogP contribution in [0.1, 0.15) is 29.6 Å². The Morgan fingerprint density at radius 3 is 2.52 bits per heavy atom. The zero-order valence-corrected chi connectivity index (χ0v) is 12.8. The highest BCUT2D eigenvalue weighted by Gasteiger charge is 2.31. The van der Waals surface area contributed by atoms with E-state index in [2.05, 4.69) is 10.1 Å². The van der Waals surface area contributed by atoms with E-state index < -0.39 is 0 Å². The second kappa shape index (κ2) is 8.00. The number of hydrogen-bond acceptors (Lipinski definition) is 4. The highest BCUT2D eigenvalue weighted by molar-refractivity contribution is 5.94. The molecule has 1 amide bonds. The fourth-order valence-electron chi connectivity index (χ4n) is 2.71. The van der Waals surface area contributed by atoms with Gasteiger partial charge in [-0.05, 0) is 49.6 Å². The Balaban J connectivity index is 0.00000220. The maximum Gasteiger partial charge on any atom is 0.337 e. The van der Waals surface area contributed by atoms with Crippen LogP contribution in [0, 0.1) is 11.8 Å². The highest BCUT2D eigenvalue weighted by Crippen LogP contribution is 2.31. The van der Waals surface area contributed by atoms with Crippen LogP contribution in [0.4, 0.5) is 5.69 Å². The Morgan fingerprint density at radius 1 is 1.29 bits per heavy atom. The SMILES string of the molecule is COC(=O)c1ccc(NC(=O)[C@@H]2CCC[C@@H]2CN)cc1.Cl.